The van der Waals surface area contributed by atoms with Gasteiger partial charge >= 0.3 is 0 Å². The minimum atomic E-state index is -0.475. The quantitative estimate of drug-likeness (QED) is 0.729. The molecule has 0 bridgehead atoms. The van der Waals surface area contributed by atoms with Gasteiger partial charge in [0, 0.05) is 50.4 Å². The summed E-state index contributed by atoms with van der Waals surface area (Å²) in [5.74, 6) is 0.973. The lowest BCUT2D eigenvalue weighted by molar-refractivity contribution is -0.131. The van der Waals surface area contributed by atoms with Crippen LogP contribution >= 0.6 is 11.6 Å². The van der Waals surface area contributed by atoms with Crippen LogP contribution in [0.4, 0.5) is 0 Å². The number of carbonyl (C=O) groups is 1. The second-order valence-corrected chi connectivity index (χ2v) is 7.76. The first-order chi connectivity index (χ1) is 13.5. The number of amides is 1. The number of aromatic nitrogens is 4. The maximum atomic E-state index is 12.8. The number of aliphatic hydroxyl groups is 1. The van der Waals surface area contributed by atoms with Crippen LogP contribution in [-0.4, -0.2) is 54.2 Å². The number of likely N-dealkylation sites (tertiary alicyclic amines) is 1. The largest absolute Gasteiger partial charge is 0.391 e. The number of carbonyl (C=O) groups excluding carboxylic acids is 1. The third kappa shape index (κ3) is 3.77. The van der Waals surface area contributed by atoms with E-state index < -0.39 is 6.10 Å². The first kappa shape index (κ1) is 19.0. The highest BCUT2D eigenvalue weighted by molar-refractivity contribution is 6.31. The summed E-state index contributed by atoms with van der Waals surface area (Å²) in [6.45, 7) is 1.21. The number of imidazole rings is 2. The Morgan fingerprint density at radius 3 is 2.93 bits per heavy atom. The predicted octanol–water partition coefficient (Wildman–Crippen LogP) is 2.58. The first-order valence-corrected chi connectivity index (χ1v) is 9.95. The Balaban J connectivity index is 1.39. The van der Waals surface area contributed by atoms with Crippen molar-refractivity contribution < 1.29 is 9.90 Å². The summed E-state index contributed by atoms with van der Waals surface area (Å²) in [4.78, 5) is 23.3. The minimum absolute atomic E-state index is 0.0371. The van der Waals surface area contributed by atoms with Gasteiger partial charge in [-0.15, -0.1) is 0 Å². The number of halogens is 1. The summed E-state index contributed by atoms with van der Waals surface area (Å²) >= 11 is 6.05. The number of nitrogens with zero attached hydrogens (tertiary/aromatic N) is 5. The maximum Gasteiger partial charge on any atom is 0.223 e. The Bertz CT molecular complexity index is 969. The van der Waals surface area contributed by atoms with Gasteiger partial charge in [0.05, 0.1) is 29.5 Å². The van der Waals surface area contributed by atoms with Gasteiger partial charge < -0.3 is 19.1 Å². The van der Waals surface area contributed by atoms with Crippen LogP contribution < -0.4 is 0 Å². The Morgan fingerprint density at radius 2 is 2.14 bits per heavy atom. The molecule has 148 valence electrons. The Kier molecular flexibility index (Phi) is 5.37. The smallest absolute Gasteiger partial charge is 0.223 e. The molecule has 0 saturated carbocycles. The molecule has 0 radical (unpaired) electrons. The number of fused-ring (bicyclic) bond motifs is 1. The topological polar surface area (TPSA) is 76.2 Å². The van der Waals surface area contributed by atoms with Gasteiger partial charge in [0.15, 0.2) is 0 Å². The molecule has 1 aromatic carbocycles. The molecule has 3 heterocycles. The van der Waals surface area contributed by atoms with Crippen LogP contribution in [0.1, 0.15) is 31.1 Å². The van der Waals surface area contributed by atoms with Crippen molar-refractivity contribution in [1.29, 1.82) is 0 Å². The SMILES string of the molecule is Cn1c(CCC(=O)N2CC[C@H](O)[C@@H](n3ccnc3)CC2)nc2cc(Cl)ccc21. The molecular formula is C20H24ClN5O2. The van der Waals surface area contributed by atoms with Crippen LogP contribution in [-0.2, 0) is 18.3 Å². The van der Waals surface area contributed by atoms with E-state index in [9.17, 15) is 9.90 Å². The van der Waals surface area contributed by atoms with Crippen LogP contribution in [0.5, 0.6) is 0 Å². The van der Waals surface area contributed by atoms with E-state index in [0.29, 0.717) is 43.8 Å². The van der Waals surface area contributed by atoms with Gasteiger partial charge in [0.2, 0.25) is 5.91 Å². The third-order valence-electron chi connectivity index (χ3n) is 5.59. The van der Waals surface area contributed by atoms with Gasteiger partial charge in [-0.25, -0.2) is 9.97 Å². The van der Waals surface area contributed by atoms with Crippen molar-refractivity contribution >= 4 is 28.5 Å². The van der Waals surface area contributed by atoms with Gasteiger partial charge in [-0.05, 0) is 31.0 Å². The zero-order valence-electron chi connectivity index (χ0n) is 15.8. The molecule has 3 aromatic rings. The standard InChI is InChI=1S/C20H24ClN5O2/c1-24-16-3-2-14(21)12-15(16)23-19(24)4-5-20(28)25-9-6-17(18(27)7-10-25)26-11-8-22-13-26/h2-3,8,11-13,17-18,27H,4-7,9-10H2,1H3/t17-,18-/m0/s1. The Morgan fingerprint density at radius 1 is 1.32 bits per heavy atom. The molecule has 1 fully saturated rings. The van der Waals surface area contributed by atoms with Crippen molar-refractivity contribution in [2.24, 2.45) is 7.05 Å². The molecule has 1 aliphatic heterocycles. The van der Waals surface area contributed by atoms with E-state index in [1.54, 1.807) is 12.5 Å². The summed E-state index contributed by atoms with van der Waals surface area (Å²) in [7, 11) is 1.96. The monoisotopic (exact) mass is 401 g/mol. The fraction of sp³-hybridized carbons (Fsp3) is 0.450. The van der Waals surface area contributed by atoms with Crippen LogP contribution in [0, 0.1) is 0 Å². The molecule has 2 aromatic heterocycles. The molecule has 0 unspecified atom stereocenters. The summed E-state index contributed by atoms with van der Waals surface area (Å²) in [6.07, 6.45) is 7.09. The van der Waals surface area contributed by atoms with Crippen molar-refractivity contribution in [3.63, 3.8) is 0 Å². The Labute approximate surface area is 168 Å². The number of aliphatic hydroxyl groups excluding tert-OH is 1. The minimum Gasteiger partial charge on any atom is -0.391 e. The second-order valence-electron chi connectivity index (χ2n) is 7.32. The molecule has 1 saturated heterocycles. The highest BCUT2D eigenvalue weighted by atomic mass is 35.5. The molecule has 4 rings (SSSR count). The van der Waals surface area contributed by atoms with Crippen molar-refractivity contribution in [2.75, 3.05) is 13.1 Å². The van der Waals surface area contributed by atoms with Crippen LogP contribution in [0.15, 0.2) is 36.9 Å². The third-order valence-corrected chi connectivity index (χ3v) is 5.83. The number of aryl methyl sites for hydroxylation is 2. The van der Waals surface area contributed by atoms with E-state index in [2.05, 4.69) is 9.97 Å². The number of hydrogen-bond donors (Lipinski definition) is 1. The molecule has 28 heavy (non-hydrogen) atoms. The number of rotatable bonds is 4. The fourth-order valence-corrected chi connectivity index (χ4v) is 4.13. The molecule has 0 aliphatic carbocycles. The van der Waals surface area contributed by atoms with Crippen LogP contribution in [0.3, 0.4) is 0 Å². The highest BCUT2D eigenvalue weighted by Crippen LogP contribution is 2.24. The summed E-state index contributed by atoms with van der Waals surface area (Å²) in [5.41, 5.74) is 1.85. The number of hydrogen-bond acceptors (Lipinski definition) is 4. The molecule has 1 amide bonds. The highest BCUT2D eigenvalue weighted by Gasteiger charge is 2.27. The van der Waals surface area contributed by atoms with E-state index in [-0.39, 0.29) is 11.9 Å². The average molecular weight is 402 g/mol. The zero-order chi connectivity index (χ0) is 19.7. The first-order valence-electron chi connectivity index (χ1n) is 9.57. The maximum absolute atomic E-state index is 12.8. The molecular weight excluding hydrogens is 378 g/mol. The summed E-state index contributed by atoms with van der Waals surface area (Å²) in [5, 5.41) is 11.1. The molecule has 0 spiro atoms. The van der Waals surface area contributed by atoms with E-state index in [0.717, 1.165) is 16.9 Å². The Hall–Kier alpha value is -2.38. The lowest BCUT2D eigenvalue weighted by atomic mass is 10.1. The second kappa shape index (κ2) is 7.93. The summed E-state index contributed by atoms with van der Waals surface area (Å²) in [6, 6.07) is 5.60. The van der Waals surface area contributed by atoms with Crippen molar-refractivity contribution in [3.05, 3.63) is 47.8 Å². The lowest BCUT2D eigenvalue weighted by Gasteiger charge is -2.21. The van der Waals surface area contributed by atoms with Crippen molar-refractivity contribution in [2.45, 2.75) is 37.8 Å². The van der Waals surface area contributed by atoms with Gasteiger partial charge in [-0.1, -0.05) is 11.6 Å². The van der Waals surface area contributed by atoms with E-state index >= 15 is 0 Å². The van der Waals surface area contributed by atoms with Gasteiger partial charge in [-0.3, -0.25) is 4.79 Å². The average Bonchev–Trinajstić information content (AvgIpc) is 3.26. The summed E-state index contributed by atoms with van der Waals surface area (Å²) < 4.78 is 3.95. The van der Waals surface area contributed by atoms with Crippen LogP contribution in [0.2, 0.25) is 5.02 Å². The zero-order valence-corrected chi connectivity index (χ0v) is 16.6. The fourth-order valence-electron chi connectivity index (χ4n) is 3.96. The molecule has 1 aliphatic rings. The molecule has 8 heteroatoms. The molecule has 2 atom stereocenters. The normalized spacial score (nSPS) is 20.5. The van der Waals surface area contributed by atoms with Crippen molar-refractivity contribution in [1.82, 2.24) is 24.0 Å². The van der Waals surface area contributed by atoms with Crippen molar-refractivity contribution in [3.8, 4) is 0 Å². The van der Waals surface area contributed by atoms with E-state index in [4.69, 9.17) is 11.6 Å². The van der Waals surface area contributed by atoms with Gasteiger partial charge in [0.25, 0.3) is 0 Å². The number of benzene rings is 1. The predicted molar refractivity (Wildman–Crippen MR) is 107 cm³/mol. The molecule has 7 nitrogen and oxygen atoms in total. The van der Waals surface area contributed by atoms with Gasteiger partial charge in [-0.2, -0.15) is 0 Å². The lowest BCUT2D eigenvalue weighted by Crippen LogP contribution is -2.32. The van der Waals surface area contributed by atoms with E-state index in [1.165, 1.54) is 0 Å². The molecule has 1 N–H and O–H groups in total. The van der Waals surface area contributed by atoms with Gasteiger partial charge in [0.1, 0.15) is 5.82 Å². The van der Waals surface area contributed by atoms with Crippen LogP contribution in [0.25, 0.3) is 11.0 Å². The van der Waals surface area contributed by atoms with E-state index in [1.807, 2.05) is 45.5 Å².